The Kier molecular flexibility index (Phi) is 6.37. The molecule has 0 spiro atoms. The van der Waals surface area contributed by atoms with Gasteiger partial charge in [0.05, 0.1) is 16.2 Å². The molecule has 6 heteroatoms. The van der Waals surface area contributed by atoms with Gasteiger partial charge in [0.25, 0.3) is 5.91 Å². The number of aromatic nitrogens is 2. The molecule has 0 unspecified atom stereocenters. The summed E-state index contributed by atoms with van der Waals surface area (Å²) in [6.07, 6.45) is 8.35. The van der Waals surface area contributed by atoms with Gasteiger partial charge in [0.2, 0.25) is 0 Å². The van der Waals surface area contributed by atoms with Crippen molar-refractivity contribution in [2.24, 2.45) is 0 Å². The Balaban J connectivity index is 1.35. The molecule has 0 bridgehead atoms. The zero-order chi connectivity index (χ0) is 20.1. The lowest BCUT2D eigenvalue weighted by Gasteiger charge is -2.26. The van der Waals surface area contributed by atoms with E-state index in [0.717, 1.165) is 35.1 Å². The number of benzene rings is 1. The number of nitrogens with zero attached hydrogens (tertiary/aromatic N) is 3. The summed E-state index contributed by atoms with van der Waals surface area (Å²) >= 11 is 6.37. The van der Waals surface area contributed by atoms with Crippen LogP contribution in [0.15, 0.2) is 48.8 Å². The predicted molar refractivity (Wildman–Crippen MR) is 117 cm³/mol. The van der Waals surface area contributed by atoms with Crippen LogP contribution in [0.25, 0.3) is 22.2 Å². The van der Waals surface area contributed by atoms with E-state index in [1.165, 1.54) is 32.4 Å². The maximum absolute atomic E-state index is 12.4. The Morgan fingerprint density at radius 2 is 1.90 bits per heavy atom. The van der Waals surface area contributed by atoms with E-state index >= 15 is 0 Å². The molecule has 1 fully saturated rings. The first-order valence-electron chi connectivity index (χ1n) is 10.2. The van der Waals surface area contributed by atoms with Gasteiger partial charge in [-0.3, -0.25) is 9.78 Å². The van der Waals surface area contributed by atoms with Crippen molar-refractivity contribution in [2.45, 2.75) is 25.7 Å². The Labute approximate surface area is 176 Å². The first kappa shape index (κ1) is 19.8. The van der Waals surface area contributed by atoms with Crippen LogP contribution in [0, 0.1) is 0 Å². The number of carbonyl (C=O) groups is 1. The summed E-state index contributed by atoms with van der Waals surface area (Å²) in [5.74, 6) is -0.0363. The van der Waals surface area contributed by atoms with Crippen LogP contribution in [0.5, 0.6) is 0 Å². The number of amides is 1. The molecule has 150 valence electrons. The van der Waals surface area contributed by atoms with Crippen molar-refractivity contribution in [2.75, 3.05) is 26.2 Å². The Morgan fingerprint density at radius 1 is 1.10 bits per heavy atom. The molecule has 5 nitrogen and oxygen atoms in total. The van der Waals surface area contributed by atoms with Gasteiger partial charge in [-0.15, -0.1) is 0 Å². The number of hydrogen-bond acceptors (Lipinski definition) is 4. The van der Waals surface area contributed by atoms with Crippen molar-refractivity contribution in [3.8, 4) is 11.3 Å². The highest BCUT2D eigenvalue weighted by molar-refractivity contribution is 6.35. The maximum atomic E-state index is 12.4. The standard InChI is InChI=1S/C23H25ClN4O/c24-20-15-22(27-21-9-11-25-16-19(20)21)17-5-7-18(8-6-17)23(29)26-10-4-14-28-12-2-1-3-13-28/h5-9,11,15-16H,1-4,10,12-14H2,(H,26,29). The van der Waals surface area contributed by atoms with Crippen LogP contribution in [-0.4, -0.2) is 47.0 Å². The molecular weight excluding hydrogens is 384 g/mol. The van der Waals surface area contributed by atoms with Gasteiger partial charge in [0.15, 0.2) is 0 Å². The van der Waals surface area contributed by atoms with E-state index in [1.54, 1.807) is 12.4 Å². The van der Waals surface area contributed by atoms with Gasteiger partial charge in [0.1, 0.15) is 0 Å². The highest BCUT2D eigenvalue weighted by Crippen LogP contribution is 2.27. The SMILES string of the molecule is O=C(NCCCN1CCCCC1)c1ccc(-c2cc(Cl)c3cnccc3n2)cc1. The molecule has 1 amide bonds. The summed E-state index contributed by atoms with van der Waals surface area (Å²) < 4.78 is 0. The van der Waals surface area contributed by atoms with E-state index in [-0.39, 0.29) is 5.91 Å². The molecule has 1 aromatic carbocycles. The molecule has 0 radical (unpaired) electrons. The second-order valence-corrected chi connectivity index (χ2v) is 7.88. The minimum Gasteiger partial charge on any atom is -0.352 e. The number of nitrogens with one attached hydrogen (secondary N) is 1. The zero-order valence-electron chi connectivity index (χ0n) is 16.4. The van der Waals surface area contributed by atoms with E-state index in [4.69, 9.17) is 11.6 Å². The summed E-state index contributed by atoms with van der Waals surface area (Å²) in [6.45, 7) is 4.15. The number of piperidine rings is 1. The molecule has 1 saturated heterocycles. The summed E-state index contributed by atoms with van der Waals surface area (Å²) in [5.41, 5.74) is 3.16. The molecule has 0 saturated carbocycles. The van der Waals surface area contributed by atoms with E-state index in [9.17, 15) is 4.79 Å². The third kappa shape index (κ3) is 4.92. The van der Waals surface area contributed by atoms with Crippen molar-refractivity contribution in [3.05, 3.63) is 59.4 Å². The molecule has 1 aliphatic rings. The molecule has 4 rings (SSSR count). The van der Waals surface area contributed by atoms with E-state index in [2.05, 4.69) is 20.2 Å². The predicted octanol–water partition coefficient (Wildman–Crippen LogP) is 4.56. The van der Waals surface area contributed by atoms with Gasteiger partial charge in [-0.2, -0.15) is 0 Å². The monoisotopic (exact) mass is 408 g/mol. The lowest BCUT2D eigenvalue weighted by atomic mass is 10.1. The molecule has 0 atom stereocenters. The normalized spacial score (nSPS) is 14.8. The third-order valence-electron chi connectivity index (χ3n) is 5.39. The van der Waals surface area contributed by atoms with Crippen molar-refractivity contribution in [3.63, 3.8) is 0 Å². The molecule has 3 heterocycles. The van der Waals surface area contributed by atoms with Crippen molar-refractivity contribution >= 4 is 28.4 Å². The van der Waals surface area contributed by atoms with Gasteiger partial charge in [0, 0.05) is 35.5 Å². The molecule has 3 aromatic rings. The Bertz CT molecular complexity index is 984. The third-order valence-corrected chi connectivity index (χ3v) is 5.70. The smallest absolute Gasteiger partial charge is 0.251 e. The van der Waals surface area contributed by atoms with Crippen LogP contribution in [0.2, 0.25) is 5.02 Å². The van der Waals surface area contributed by atoms with Crippen LogP contribution in [0.3, 0.4) is 0 Å². The van der Waals surface area contributed by atoms with Crippen LogP contribution in [0.4, 0.5) is 0 Å². The van der Waals surface area contributed by atoms with Gasteiger partial charge in [-0.1, -0.05) is 30.2 Å². The quantitative estimate of drug-likeness (QED) is 0.607. The van der Waals surface area contributed by atoms with Crippen LogP contribution < -0.4 is 5.32 Å². The molecule has 29 heavy (non-hydrogen) atoms. The maximum Gasteiger partial charge on any atom is 0.251 e. The fourth-order valence-corrected chi connectivity index (χ4v) is 4.01. The first-order chi connectivity index (χ1) is 14.2. The second-order valence-electron chi connectivity index (χ2n) is 7.47. The Morgan fingerprint density at radius 3 is 2.69 bits per heavy atom. The summed E-state index contributed by atoms with van der Waals surface area (Å²) in [4.78, 5) is 23.6. The van der Waals surface area contributed by atoms with E-state index in [1.807, 2.05) is 36.4 Å². The van der Waals surface area contributed by atoms with Gasteiger partial charge in [-0.05, 0) is 63.2 Å². The minimum atomic E-state index is -0.0363. The summed E-state index contributed by atoms with van der Waals surface area (Å²) in [7, 11) is 0. The molecule has 1 N–H and O–H groups in total. The van der Waals surface area contributed by atoms with Crippen LogP contribution in [0.1, 0.15) is 36.0 Å². The fraction of sp³-hybridized carbons (Fsp3) is 0.348. The number of pyridine rings is 2. The minimum absolute atomic E-state index is 0.0363. The summed E-state index contributed by atoms with van der Waals surface area (Å²) in [6, 6.07) is 11.2. The number of carbonyl (C=O) groups excluding carboxylic acids is 1. The zero-order valence-corrected chi connectivity index (χ0v) is 17.2. The lowest BCUT2D eigenvalue weighted by molar-refractivity contribution is 0.0951. The van der Waals surface area contributed by atoms with Crippen molar-refractivity contribution in [1.29, 1.82) is 0 Å². The highest BCUT2D eigenvalue weighted by Gasteiger charge is 2.11. The van der Waals surface area contributed by atoms with Gasteiger partial charge >= 0.3 is 0 Å². The summed E-state index contributed by atoms with van der Waals surface area (Å²) in [5, 5.41) is 4.47. The number of hydrogen-bond donors (Lipinski definition) is 1. The van der Waals surface area contributed by atoms with Crippen molar-refractivity contribution in [1.82, 2.24) is 20.2 Å². The van der Waals surface area contributed by atoms with E-state index in [0.29, 0.717) is 17.1 Å². The highest BCUT2D eigenvalue weighted by atomic mass is 35.5. The van der Waals surface area contributed by atoms with Crippen molar-refractivity contribution < 1.29 is 4.79 Å². The lowest BCUT2D eigenvalue weighted by Crippen LogP contribution is -2.33. The largest absolute Gasteiger partial charge is 0.352 e. The number of rotatable bonds is 6. The molecule has 1 aliphatic heterocycles. The number of likely N-dealkylation sites (tertiary alicyclic amines) is 1. The van der Waals surface area contributed by atoms with Crippen LogP contribution in [-0.2, 0) is 0 Å². The number of fused-ring (bicyclic) bond motifs is 1. The van der Waals surface area contributed by atoms with Gasteiger partial charge in [-0.25, -0.2) is 4.98 Å². The average Bonchev–Trinajstić information content (AvgIpc) is 2.77. The molecular formula is C23H25ClN4O. The van der Waals surface area contributed by atoms with Gasteiger partial charge < -0.3 is 10.2 Å². The Hall–Kier alpha value is -2.50. The molecule has 0 aliphatic carbocycles. The number of halogens is 1. The topological polar surface area (TPSA) is 58.1 Å². The average molecular weight is 409 g/mol. The second kappa shape index (κ2) is 9.33. The van der Waals surface area contributed by atoms with Crippen LogP contribution >= 0.6 is 11.6 Å². The van der Waals surface area contributed by atoms with E-state index < -0.39 is 0 Å². The molecule has 2 aromatic heterocycles. The first-order valence-corrected chi connectivity index (χ1v) is 10.6. The fourth-order valence-electron chi connectivity index (χ4n) is 3.76.